The number of hydrogen-bond acceptors (Lipinski definition) is 5. The van der Waals surface area contributed by atoms with Crippen molar-refractivity contribution in [1.29, 1.82) is 0 Å². The zero-order chi connectivity index (χ0) is 15.6. The van der Waals surface area contributed by atoms with Crippen LogP contribution >= 0.6 is 0 Å². The van der Waals surface area contributed by atoms with E-state index in [1.807, 2.05) is 30.3 Å². The number of hydroxylamine groups is 1. The molecule has 1 aliphatic heterocycles. The minimum absolute atomic E-state index is 0.00745. The molecule has 3 atom stereocenters. The van der Waals surface area contributed by atoms with Crippen molar-refractivity contribution < 1.29 is 24.2 Å². The van der Waals surface area contributed by atoms with Crippen LogP contribution in [0.15, 0.2) is 36.5 Å². The number of rotatable bonds is 3. The number of hydrogen-bond donors (Lipinski definition) is 2. The zero-order valence-electron chi connectivity index (χ0n) is 12.3. The first kappa shape index (κ1) is 14.7. The van der Waals surface area contributed by atoms with Gasteiger partial charge in [-0.15, -0.1) is 0 Å². The molecule has 3 rings (SSSR count). The van der Waals surface area contributed by atoms with E-state index in [-0.39, 0.29) is 12.0 Å². The van der Waals surface area contributed by atoms with E-state index in [1.54, 1.807) is 13.3 Å². The molecule has 1 heterocycles. The molecule has 22 heavy (non-hydrogen) atoms. The summed E-state index contributed by atoms with van der Waals surface area (Å²) in [7, 11) is 1.62. The predicted octanol–water partition coefficient (Wildman–Crippen LogP) is 2.81. The molecule has 1 spiro atoms. The molecule has 1 aromatic carbocycles. The fourth-order valence-corrected chi connectivity index (χ4v) is 3.34. The third-order valence-electron chi connectivity index (χ3n) is 4.39. The van der Waals surface area contributed by atoms with Crippen molar-refractivity contribution in [2.45, 2.75) is 36.9 Å². The average molecular weight is 305 g/mol. The standard InChI is InChI=1S/C16H19NO5/c1-20-12-4-2-3-11(9-12)14-10-13(21-15(18)19)5-6-16(14)7-8-17-22-16/h2-4,7-9,13-14,17H,5-6,10H2,1H3,(H,18,19). The summed E-state index contributed by atoms with van der Waals surface area (Å²) in [4.78, 5) is 16.6. The summed E-state index contributed by atoms with van der Waals surface area (Å²) in [5.74, 6) is 0.760. The van der Waals surface area contributed by atoms with Gasteiger partial charge in [-0.3, -0.25) is 10.3 Å². The molecule has 1 saturated carbocycles. The Balaban J connectivity index is 1.90. The molecule has 118 valence electrons. The summed E-state index contributed by atoms with van der Waals surface area (Å²) in [5, 5.41) is 8.86. The van der Waals surface area contributed by atoms with E-state index in [1.165, 1.54) is 0 Å². The fraction of sp³-hybridized carbons (Fsp3) is 0.438. The minimum Gasteiger partial charge on any atom is -0.497 e. The second-order valence-corrected chi connectivity index (χ2v) is 5.62. The Morgan fingerprint density at radius 3 is 3.05 bits per heavy atom. The van der Waals surface area contributed by atoms with Crippen LogP contribution in [-0.2, 0) is 9.57 Å². The molecule has 0 bridgehead atoms. The third kappa shape index (κ3) is 2.74. The first-order valence-corrected chi connectivity index (χ1v) is 7.28. The molecule has 2 aliphatic rings. The van der Waals surface area contributed by atoms with Crippen LogP contribution in [-0.4, -0.2) is 30.1 Å². The monoisotopic (exact) mass is 305 g/mol. The van der Waals surface area contributed by atoms with Gasteiger partial charge in [0.2, 0.25) is 0 Å². The zero-order valence-corrected chi connectivity index (χ0v) is 12.3. The summed E-state index contributed by atoms with van der Waals surface area (Å²) in [6.07, 6.45) is 4.14. The maximum Gasteiger partial charge on any atom is 0.506 e. The van der Waals surface area contributed by atoms with Crippen LogP contribution in [0.5, 0.6) is 5.75 Å². The summed E-state index contributed by atoms with van der Waals surface area (Å²) in [6, 6.07) is 7.78. The first-order valence-electron chi connectivity index (χ1n) is 7.28. The van der Waals surface area contributed by atoms with Crippen LogP contribution < -0.4 is 10.2 Å². The SMILES string of the molecule is COc1cccc(C2CC(OC(=O)O)CCC23C=CNO3)c1. The molecule has 0 aromatic heterocycles. The van der Waals surface area contributed by atoms with E-state index in [0.717, 1.165) is 11.3 Å². The summed E-state index contributed by atoms with van der Waals surface area (Å²) in [5.41, 5.74) is 3.38. The van der Waals surface area contributed by atoms with Gasteiger partial charge in [0.15, 0.2) is 0 Å². The largest absolute Gasteiger partial charge is 0.506 e. The van der Waals surface area contributed by atoms with Crippen molar-refractivity contribution in [2.75, 3.05) is 7.11 Å². The maximum absolute atomic E-state index is 10.8. The maximum atomic E-state index is 10.8. The van der Waals surface area contributed by atoms with Crippen LogP contribution in [0, 0.1) is 0 Å². The van der Waals surface area contributed by atoms with E-state index >= 15 is 0 Å². The molecule has 2 N–H and O–H groups in total. The number of ether oxygens (including phenoxy) is 2. The van der Waals surface area contributed by atoms with Crippen LogP contribution in [0.2, 0.25) is 0 Å². The van der Waals surface area contributed by atoms with Crippen LogP contribution in [0.4, 0.5) is 4.79 Å². The quantitative estimate of drug-likeness (QED) is 0.836. The average Bonchev–Trinajstić information content (AvgIpc) is 2.98. The van der Waals surface area contributed by atoms with Crippen molar-refractivity contribution in [1.82, 2.24) is 5.48 Å². The van der Waals surface area contributed by atoms with Gasteiger partial charge in [-0.2, -0.15) is 0 Å². The Morgan fingerprint density at radius 1 is 1.50 bits per heavy atom. The number of carboxylic acid groups (broad SMARTS) is 1. The van der Waals surface area contributed by atoms with E-state index in [0.29, 0.717) is 19.3 Å². The summed E-state index contributed by atoms with van der Waals surface area (Å²) >= 11 is 0. The third-order valence-corrected chi connectivity index (χ3v) is 4.39. The second-order valence-electron chi connectivity index (χ2n) is 5.62. The lowest BCUT2D eigenvalue weighted by atomic mass is 9.71. The highest BCUT2D eigenvalue weighted by molar-refractivity contribution is 5.57. The van der Waals surface area contributed by atoms with Crippen LogP contribution in [0.3, 0.4) is 0 Å². The van der Waals surface area contributed by atoms with Crippen molar-refractivity contribution in [3.05, 3.63) is 42.1 Å². The van der Waals surface area contributed by atoms with Gasteiger partial charge in [0, 0.05) is 12.1 Å². The van der Waals surface area contributed by atoms with E-state index in [2.05, 4.69) is 5.48 Å². The molecule has 1 aromatic rings. The summed E-state index contributed by atoms with van der Waals surface area (Å²) in [6.45, 7) is 0. The fourth-order valence-electron chi connectivity index (χ4n) is 3.34. The Morgan fingerprint density at radius 2 is 2.36 bits per heavy atom. The first-order chi connectivity index (χ1) is 10.6. The molecule has 6 nitrogen and oxygen atoms in total. The van der Waals surface area contributed by atoms with Gasteiger partial charge in [0.05, 0.1) is 7.11 Å². The van der Waals surface area contributed by atoms with Crippen molar-refractivity contribution in [3.63, 3.8) is 0 Å². The van der Waals surface area contributed by atoms with Crippen LogP contribution in [0.1, 0.15) is 30.7 Å². The molecule has 0 amide bonds. The number of benzene rings is 1. The van der Waals surface area contributed by atoms with Gasteiger partial charge in [0.1, 0.15) is 17.5 Å². The Hall–Kier alpha value is -2.21. The normalized spacial score (nSPS) is 30.0. The smallest absolute Gasteiger partial charge is 0.497 e. The van der Waals surface area contributed by atoms with E-state index in [4.69, 9.17) is 19.4 Å². The van der Waals surface area contributed by atoms with Gasteiger partial charge in [-0.1, -0.05) is 12.1 Å². The van der Waals surface area contributed by atoms with E-state index < -0.39 is 11.8 Å². The highest BCUT2D eigenvalue weighted by Gasteiger charge is 2.47. The molecule has 3 unspecified atom stereocenters. The second kappa shape index (κ2) is 5.88. The van der Waals surface area contributed by atoms with Gasteiger partial charge >= 0.3 is 6.16 Å². The number of nitrogens with one attached hydrogen (secondary N) is 1. The number of methoxy groups -OCH3 is 1. The molecule has 1 aliphatic carbocycles. The molecule has 1 fully saturated rings. The van der Waals surface area contributed by atoms with Gasteiger partial charge in [-0.05, 0) is 43.0 Å². The molecule has 0 radical (unpaired) electrons. The predicted molar refractivity (Wildman–Crippen MR) is 78.6 cm³/mol. The lowest BCUT2D eigenvalue weighted by molar-refractivity contribution is -0.0950. The highest BCUT2D eigenvalue weighted by atomic mass is 16.7. The van der Waals surface area contributed by atoms with Crippen molar-refractivity contribution >= 4 is 6.16 Å². The molecule has 6 heteroatoms. The van der Waals surface area contributed by atoms with Gasteiger partial charge in [0.25, 0.3) is 0 Å². The number of carbonyl (C=O) groups is 1. The van der Waals surface area contributed by atoms with E-state index in [9.17, 15) is 4.79 Å². The summed E-state index contributed by atoms with van der Waals surface area (Å²) < 4.78 is 10.3. The minimum atomic E-state index is -1.23. The lowest BCUT2D eigenvalue weighted by Gasteiger charge is -2.41. The van der Waals surface area contributed by atoms with Crippen molar-refractivity contribution in [3.8, 4) is 5.75 Å². The molecule has 0 saturated heterocycles. The van der Waals surface area contributed by atoms with Gasteiger partial charge < -0.3 is 14.6 Å². The molecular weight excluding hydrogens is 286 g/mol. The van der Waals surface area contributed by atoms with Gasteiger partial charge in [-0.25, -0.2) is 4.79 Å². The van der Waals surface area contributed by atoms with Crippen molar-refractivity contribution in [2.24, 2.45) is 0 Å². The highest BCUT2D eigenvalue weighted by Crippen LogP contribution is 2.46. The lowest BCUT2D eigenvalue weighted by Crippen LogP contribution is -2.44. The Kier molecular flexibility index (Phi) is 3.94. The van der Waals surface area contributed by atoms with Crippen LogP contribution in [0.25, 0.3) is 0 Å². The Labute approximate surface area is 128 Å². The molecular formula is C16H19NO5. The Bertz CT molecular complexity index is 588. The topological polar surface area (TPSA) is 77.0 Å².